The lowest BCUT2D eigenvalue weighted by Crippen LogP contribution is -2.13. The van der Waals surface area contributed by atoms with Crippen LogP contribution in [0.4, 0.5) is 0 Å². The van der Waals surface area contributed by atoms with Crippen LogP contribution in [0.15, 0.2) is 0 Å². The summed E-state index contributed by atoms with van der Waals surface area (Å²) in [5.74, 6) is -1.04. The Morgan fingerprint density at radius 2 is 2.11 bits per heavy atom. The van der Waals surface area contributed by atoms with Gasteiger partial charge in [0.1, 0.15) is 0 Å². The molecule has 9 heavy (non-hydrogen) atoms. The highest BCUT2D eigenvalue weighted by Crippen LogP contribution is 1.77. The molecule has 50 valence electrons. The molecule has 0 atom stereocenters. The molecule has 0 bridgehead atoms. The van der Waals surface area contributed by atoms with Gasteiger partial charge in [0.15, 0.2) is 6.61 Å². The van der Waals surface area contributed by atoms with Gasteiger partial charge in [-0.1, -0.05) is 0 Å². The smallest absolute Gasteiger partial charge is 0.326 e. The van der Waals surface area contributed by atoms with Crippen LogP contribution < -0.4 is 0 Å². The van der Waals surface area contributed by atoms with E-state index >= 15 is 0 Å². The van der Waals surface area contributed by atoms with E-state index in [0.717, 1.165) is 0 Å². The average molecular weight is 130 g/mol. The molecule has 0 spiro atoms. The molecule has 0 aromatic heterocycles. The van der Waals surface area contributed by atoms with E-state index in [-0.39, 0.29) is 6.61 Å². The Kier molecular flexibility index (Phi) is 3.51. The predicted molar refractivity (Wildman–Crippen MR) is 31.3 cm³/mol. The molecule has 0 saturated carbocycles. The first-order valence-corrected chi connectivity index (χ1v) is 2.37. The number of carbonyl (C=O) groups excluding carboxylic acids is 2. The van der Waals surface area contributed by atoms with Crippen molar-refractivity contribution >= 4 is 20.0 Å². The largest absolute Gasteiger partial charge is 0.541 e. The molecular formula is C4H7BO4. The van der Waals surface area contributed by atoms with Gasteiger partial charge < -0.3 is 9.39 Å². The zero-order valence-corrected chi connectivity index (χ0v) is 5.34. The number of esters is 1. The van der Waals surface area contributed by atoms with Crippen LogP contribution in [0.25, 0.3) is 0 Å². The van der Waals surface area contributed by atoms with Crippen molar-refractivity contribution in [3.63, 3.8) is 0 Å². The van der Waals surface area contributed by atoms with Crippen molar-refractivity contribution in [2.75, 3.05) is 6.61 Å². The van der Waals surface area contributed by atoms with Crippen LogP contribution in [-0.2, 0) is 19.0 Å². The fourth-order valence-electron chi connectivity index (χ4n) is 0.219. The van der Waals surface area contributed by atoms with Crippen LogP contribution in [0, 0.1) is 0 Å². The summed E-state index contributed by atoms with van der Waals surface area (Å²) in [6.45, 7) is 0.925. The van der Waals surface area contributed by atoms with E-state index in [4.69, 9.17) is 0 Å². The Hall–Kier alpha value is -0.995. The van der Waals surface area contributed by atoms with Crippen LogP contribution in [0.1, 0.15) is 6.92 Å². The second-order valence-corrected chi connectivity index (χ2v) is 1.36. The van der Waals surface area contributed by atoms with Crippen LogP contribution in [0.2, 0.25) is 0 Å². The Morgan fingerprint density at radius 3 is 2.44 bits per heavy atom. The standard InChI is InChI=1S/C4H7BO4/c1-3(6)8-2-4(7)9-5/h2,5H2,1H3. The van der Waals surface area contributed by atoms with Gasteiger partial charge in [-0.3, -0.25) is 9.59 Å². The molecule has 0 aliphatic rings. The van der Waals surface area contributed by atoms with Crippen molar-refractivity contribution in [3.05, 3.63) is 0 Å². The number of carbonyl (C=O) groups is 2. The van der Waals surface area contributed by atoms with Gasteiger partial charge in [0.2, 0.25) is 0 Å². The minimum atomic E-state index is -0.551. The summed E-state index contributed by atoms with van der Waals surface area (Å²) in [5.41, 5.74) is 0. The van der Waals surface area contributed by atoms with Crippen molar-refractivity contribution < 1.29 is 19.0 Å². The lowest BCUT2D eigenvalue weighted by atomic mass is 10.5. The second-order valence-electron chi connectivity index (χ2n) is 1.36. The summed E-state index contributed by atoms with van der Waals surface area (Å²) < 4.78 is 8.47. The molecule has 0 radical (unpaired) electrons. The molecule has 4 nitrogen and oxygen atoms in total. The first kappa shape index (κ1) is 8.00. The van der Waals surface area contributed by atoms with Gasteiger partial charge in [-0.05, 0) is 0 Å². The van der Waals surface area contributed by atoms with Crippen molar-refractivity contribution in [1.29, 1.82) is 0 Å². The summed E-state index contributed by atoms with van der Waals surface area (Å²) in [6.07, 6.45) is 0. The quantitative estimate of drug-likeness (QED) is 0.342. The van der Waals surface area contributed by atoms with E-state index in [2.05, 4.69) is 9.39 Å². The molecule has 0 aromatic rings. The maximum Gasteiger partial charge on any atom is 0.326 e. The molecule has 0 fully saturated rings. The monoisotopic (exact) mass is 130 g/mol. The third kappa shape index (κ3) is 4.87. The van der Waals surface area contributed by atoms with Crippen LogP contribution in [-0.4, -0.2) is 26.6 Å². The van der Waals surface area contributed by atoms with Crippen LogP contribution in [0.3, 0.4) is 0 Å². The van der Waals surface area contributed by atoms with Gasteiger partial charge in [0.05, 0.1) is 0 Å². The van der Waals surface area contributed by atoms with E-state index < -0.39 is 11.9 Å². The highest BCUT2D eigenvalue weighted by atomic mass is 16.6. The van der Waals surface area contributed by atoms with Crippen molar-refractivity contribution in [3.8, 4) is 0 Å². The summed E-state index contributed by atoms with van der Waals surface area (Å²) >= 11 is 0. The normalized spacial score (nSPS) is 8.11. The predicted octanol–water partition coefficient (Wildman–Crippen LogP) is -1.36. The first-order chi connectivity index (χ1) is 4.16. The fraction of sp³-hybridized carbons (Fsp3) is 0.500. The lowest BCUT2D eigenvalue weighted by Gasteiger charge is -1.97. The minimum Gasteiger partial charge on any atom is -0.541 e. The van der Waals surface area contributed by atoms with E-state index in [0.29, 0.717) is 0 Å². The van der Waals surface area contributed by atoms with Gasteiger partial charge >= 0.3 is 20.0 Å². The van der Waals surface area contributed by atoms with Gasteiger partial charge in [-0.15, -0.1) is 0 Å². The SMILES string of the molecule is BOC(=O)COC(C)=O. The van der Waals surface area contributed by atoms with Gasteiger partial charge in [0.25, 0.3) is 0 Å². The summed E-state index contributed by atoms with van der Waals surface area (Å²) in [6, 6.07) is 0. The van der Waals surface area contributed by atoms with E-state index in [9.17, 15) is 9.59 Å². The summed E-state index contributed by atoms with van der Waals surface area (Å²) in [5, 5.41) is 0. The lowest BCUT2D eigenvalue weighted by molar-refractivity contribution is -0.151. The van der Waals surface area contributed by atoms with E-state index in [1.807, 2.05) is 0 Å². The second kappa shape index (κ2) is 3.94. The molecule has 5 heteroatoms. The fourth-order valence-corrected chi connectivity index (χ4v) is 0.219. The number of ether oxygens (including phenoxy) is 1. The third-order valence-corrected chi connectivity index (χ3v) is 0.621. The summed E-state index contributed by atoms with van der Waals surface area (Å²) in [7, 11) is 1.23. The molecule has 0 amide bonds. The van der Waals surface area contributed by atoms with Crippen molar-refractivity contribution in [1.82, 2.24) is 0 Å². The minimum absolute atomic E-state index is 0.300. The molecule has 0 N–H and O–H groups in total. The van der Waals surface area contributed by atoms with E-state index in [1.165, 1.54) is 15.0 Å². The van der Waals surface area contributed by atoms with Gasteiger partial charge in [-0.2, -0.15) is 0 Å². The maximum absolute atomic E-state index is 10.2. The highest BCUT2D eigenvalue weighted by Gasteiger charge is 1.99. The zero-order chi connectivity index (χ0) is 7.28. The molecule has 0 unspecified atom stereocenters. The Bertz CT molecular complexity index is 122. The van der Waals surface area contributed by atoms with Crippen molar-refractivity contribution in [2.45, 2.75) is 6.92 Å². The maximum atomic E-state index is 10.2. The van der Waals surface area contributed by atoms with Gasteiger partial charge in [-0.25, -0.2) is 0 Å². The molecular weight excluding hydrogens is 123 g/mol. The van der Waals surface area contributed by atoms with Crippen LogP contribution >= 0.6 is 0 Å². The average Bonchev–Trinajstić information content (AvgIpc) is 1.83. The molecule has 0 heterocycles. The number of hydrogen-bond acceptors (Lipinski definition) is 4. The molecule has 0 aliphatic heterocycles. The Morgan fingerprint density at radius 1 is 1.56 bits per heavy atom. The third-order valence-electron chi connectivity index (χ3n) is 0.621. The molecule has 0 aliphatic carbocycles. The van der Waals surface area contributed by atoms with Crippen molar-refractivity contribution in [2.24, 2.45) is 0 Å². The topological polar surface area (TPSA) is 52.6 Å². The Balaban J connectivity index is 3.28. The molecule has 0 rings (SSSR count). The first-order valence-electron chi connectivity index (χ1n) is 2.37. The highest BCUT2D eigenvalue weighted by molar-refractivity contribution is 6.05. The molecule has 0 saturated heterocycles. The van der Waals surface area contributed by atoms with E-state index in [1.54, 1.807) is 0 Å². The van der Waals surface area contributed by atoms with Gasteiger partial charge in [0, 0.05) is 6.92 Å². The van der Waals surface area contributed by atoms with Crippen LogP contribution in [0.5, 0.6) is 0 Å². The molecule has 0 aromatic carbocycles. The Labute approximate surface area is 53.6 Å². The number of rotatable bonds is 2. The number of hydrogen-bond donors (Lipinski definition) is 0. The zero-order valence-electron chi connectivity index (χ0n) is 5.34. The summed E-state index contributed by atoms with van der Waals surface area (Å²) in [4.78, 5) is 20.3.